The van der Waals surface area contributed by atoms with Crippen LogP contribution in [0.3, 0.4) is 0 Å². The van der Waals surface area contributed by atoms with Crippen molar-refractivity contribution in [1.29, 1.82) is 0 Å². The number of nitrogens with zero attached hydrogens (tertiary/aromatic N) is 2. The average Bonchev–Trinajstić information content (AvgIpc) is 3.21. The third-order valence-corrected chi connectivity index (χ3v) is 5.62. The first-order valence-corrected chi connectivity index (χ1v) is 10.5. The largest absolute Gasteiger partial charge is 0.454 e. The van der Waals surface area contributed by atoms with Gasteiger partial charge in [-0.25, -0.2) is 0 Å². The maximum absolute atomic E-state index is 12.5. The van der Waals surface area contributed by atoms with Gasteiger partial charge in [0.1, 0.15) is 5.76 Å². The zero-order valence-electron chi connectivity index (χ0n) is 17.4. The van der Waals surface area contributed by atoms with Crippen LogP contribution in [-0.4, -0.2) is 43.5 Å². The van der Waals surface area contributed by atoms with Gasteiger partial charge in [0.25, 0.3) is 5.91 Å². The predicted molar refractivity (Wildman–Crippen MR) is 114 cm³/mol. The van der Waals surface area contributed by atoms with E-state index in [1.54, 1.807) is 6.07 Å². The lowest BCUT2D eigenvalue weighted by Crippen LogP contribution is -2.35. The van der Waals surface area contributed by atoms with Crippen LogP contribution in [0.4, 0.5) is 5.69 Å². The van der Waals surface area contributed by atoms with E-state index in [-0.39, 0.29) is 11.9 Å². The number of nitrogens with one attached hydrogen (secondary N) is 1. The molecule has 1 aliphatic rings. The summed E-state index contributed by atoms with van der Waals surface area (Å²) in [5.41, 5.74) is 2.43. The molecule has 1 N–H and O–H groups in total. The molecule has 1 atom stereocenters. The van der Waals surface area contributed by atoms with Gasteiger partial charge in [0.05, 0.1) is 6.04 Å². The molecule has 1 aromatic carbocycles. The molecule has 1 fully saturated rings. The predicted octanol–water partition coefficient (Wildman–Crippen LogP) is 4.39. The second-order valence-corrected chi connectivity index (χ2v) is 7.65. The van der Waals surface area contributed by atoms with Crippen LogP contribution in [0, 0.1) is 6.92 Å². The fraction of sp³-hybridized carbons (Fsp3) is 0.522. The standard InChI is InChI=1S/C23H33N3O2/c1-4-25(20-10-8-9-18(2)17-20)16-13-24-23(27)22-12-11-21(28-22)19(3)26-14-6-5-7-15-26/h8-12,17,19H,4-7,13-16H2,1-3H3,(H,24,27). The molecule has 0 saturated carbocycles. The van der Waals surface area contributed by atoms with E-state index >= 15 is 0 Å². The number of carbonyl (C=O) groups excluding carboxylic acids is 1. The number of anilines is 1. The van der Waals surface area contributed by atoms with Crippen LogP contribution in [0.25, 0.3) is 0 Å². The van der Waals surface area contributed by atoms with Crippen molar-refractivity contribution in [3.63, 3.8) is 0 Å². The minimum absolute atomic E-state index is 0.141. The normalized spacial score (nSPS) is 16.0. The van der Waals surface area contributed by atoms with Crippen LogP contribution in [0.2, 0.25) is 0 Å². The van der Waals surface area contributed by atoms with Crippen LogP contribution in [-0.2, 0) is 0 Å². The number of rotatable bonds is 8. The first-order valence-electron chi connectivity index (χ1n) is 10.5. The van der Waals surface area contributed by atoms with Gasteiger partial charge in [-0.15, -0.1) is 0 Å². The topological polar surface area (TPSA) is 48.7 Å². The summed E-state index contributed by atoms with van der Waals surface area (Å²) in [6.07, 6.45) is 3.80. The molecule has 5 nitrogen and oxygen atoms in total. The summed E-state index contributed by atoms with van der Waals surface area (Å²) in [5, 5.41) is 2.99. The number of benzene rings is 1. The number of hydrogen-bond donors (Lipinski definition) is 1. The molecule has 1 aliphatic heterocycles. The monoisotopic (exact) mass is 383 g/mol. The number of piperidine rings is 1. The summed E-state index contributed by atoms with van der Waals surface area (Å²) in [4.78, 5) is 17.2. The minimum atomic E-state index is -0.141. The van der Waals surface area contributed by atoms with E-state index in [0.717, 1.165) is 31.9 Å². The summed E-state index contributed by atoms with van der Waals surface area (Å²) in [6.45, 7) is 10.8. The maximum atomic E-state index is 12.5. The molecular weight excluding hydrogens is 350 g/mol. The fourth-order valence-corrected chi connectivity index (χ4v) is 3.87. The van der Waals surface area contributed by atoms with Crippen molar-refractivity contribution in [2.75, 3.05) is 37.6 Å². The van der Waals surface area contributed by atoms with Gasteiger partial charge in [-0.2, -0.15) is 0 Å². The Bertz CT molecular complexity index is 765. The molecule has 1 saturated heterocycles. The van der Waals surface area contributed by atoms with Crippen molar-refractivity contribution in [3.8, 4) is 0 Å². The number of aryl methyl sites for hydroxylation is 1. The van der Waals surface area contributed by atoms with E-state index in [0.29, 0.717) is 12.3 Å². The summed E-state index contributed by atoms with van der Waals surface area (Å²) in [5.74, 6) is 1.14. The van der Waals surface area contributed by atoms with Crippen molar-refractivity contribution in [3.05, 3.63) is 53.5 Å². The van der Waals surface area contributed by atoms with Gasteiger partial charge in [0.2, 0.25) is 0 Å². The lowest BCUT2D eigenvalue weighted by Gasteiger charge is -2.31. The molecule has 0 aliphatic carbocycles. The van der Waals surface area contributed by atoms with Crippen LogP contribution in [0.15, 0.2) is 40.8 Å². The Morgan fingerprint density at radius 3 is 2.71 bits per heavy atom. The Morgan fingerprint density at radius 1 is 1.21 bits per heavy atom. The van der Waals surface area contributed by atoms with E-state index in [2.05, 4.69) is 60.2 Å². The number of hydrogen-bond acceptors (Lipinski definition) is 4. The van der Waals surface area contributed by atoms with Gasteiger partial charge in [-0.05, 0) is 76.5 Å². The van der Waals surface area contributed by atoms with Crippen molar-refractivity contribution in [2.45, 2.75) is 46.1 Å². The Hall–Kier alpha value is -2.27. The van der Waals surface area contributed by atoms with Gasteiger partial charge in [0.15, 0.2) is 5.76 Å². The van der Waals surface area contributed by atoms with Gasteiger partial charge in [-0.1, -0.05) is 18.6 Å². The van der Waals surface area contributed by atoms with Crippen LogP contribution in [0.5, 0.6) is 0 Å². The molecule has 1 aromatic heterocycles. The SMILES string of the molecule is CCN(CCNC(=O)c1ccc(C(C)N2CCCCC2)o1)c1cccc(C)c1. The quantitative estimate of drug-likeness (QED) is 0.734. The van der Waals surface area contributed by atoms with Crippen LogP contribution in [0.1, 0.15) is 61.0 Å². The highest BCUT2D eigenvalue weighted by Gasteiger charge is 2.22. The van der Waals surface area contributed by atoms with Gasteiger partial charge in [0, 0.05) is 25.3 Å². The lowest BCUT2D eigenvalue weighted by molar-refractivity contribution is 0.0918. The summed E-state index contributed by atoms with van der Waals surface area (Å²) < 4.78 is 5.88. The molecule has 5 heteroatoms. The molecule has 0 bridgehead atoms. The number of carbonyl (C=O) groups is 1. The van der Waals surface area contributed by atoms with Gasteiger partial charge in [-0.3, -0.25) is 9.69 Å². The average molecular weight is 384 g/mol. The molecule has 0 radical (unpaired) electrons. The maximum Gasteiger partial charge on any atom is 0.287 e. The molecule has 1 unspecified atom stereocenters. The third kappa shape index (κ3) is 5.16. The highest BCUT2D eigenvalue weighted by molar-refractivity contribution is 5.91. The van der Waals surface area contributed by atoms with E-state index < -0.39 is 0 Å². The highest BCUT2D eigenvalue weighted by atomic mass is 16.4. The molecular formula is C23H33N3O2. The fourth-order valence-electron chi connectivity index (χ4n) is 3.87. The number of furan rings is 1. The second kappa shape index (κ2) is 9.78. The number of likely N-dealkylation sites (tertiary alicyclic amines) is 1. The summed E-state index contributed by atoms with van der Waals surface area (Å²) in [6, 6.07) is 12.4. The second-order valence-electron chi connectivity index (χ2n) is 7.65. The molecule has 0 spiro atoms. The molecule has 1 amide bonds. The van der Waals surface area contributed by atoms with Crippen molar-refractivity contribution >= 4 is 11.6 Å². The molecule has 2 aromatic rings. The first kappa shape index (κ1) is 20.5. The van der Waals surface area contributed by atoms with E-state index in [1.165, 1.54) is 30.5 Å². The molecule has 28 heavy (non-hydrogen) atoms. The summed E-state index contributed by atoms with van der Waals surface area (Å²) in [7, 11) is 0. The Kier molecular flexibility index (Phi) is 7.15. The number of likely N-dealkylation sites (N-methyl/N-ethyl adjacent to an activating group) is 1. The van der Waals surface area contributed by atoms with Crippen molar-refractivity contribution in [2.24, 2.45) is 0 Å². The third-order valence-electron chi connectivity index (χ3n) is 5.62. The first-order chi connectivity index (χ1) is 13.6. The van der Waals surface area contributed by atoms with E-state index in [4.69, 9.17) is 4.42 Å². The zero-order valence-corrected chi connectivity index (χ0v) is 17.4. The Morgan fingerprint density at radius 2 is 2.00 bits per heavy atom. The smallest absolute Gasteiger partial charge is 0.287 e. The number of amides is 1. The Labute approximate surface area is 168 Å². The van der Waals surface area contributed by atoms with Gasteiger partial charge < -0.3 is 14.6 Å². The van der Waals surface area contributed by atoms with Crippen LogP contribution >= 0.6 is 0 Å². The Balaban J connectivity index is 1.51. The molecule has 3 rings (SSSR count). The van der Waals surface area contributed by atoms with Crippen molar-refractivity contribution < 1.29 is 9.21 Å². The lowest BCUT2D eigenvalue weighted by atomic mass is 10.1. The highest BCUT2D eigenvalue weighted by Crippen LogP contribution is 2.25. The van der Waals surface area contributed by atoms with E-state index in [9.17, 15) is 4.79 Å². The molecule has 152 valence electrons. The molecule has 2 heterocycles. The van der Waals surface area contributed by atoms with E-state index in [1.807, 2.05) is 6.07 Å². The van der Waals surface area contributed by atoms with Gasteiger partial charge >= 0.3 is 0 Å². The zero-order chi connectivity index (χ0) is 19.9. The minimum Gasteiger partial charge on any atom is -0.454 e. The summed E-state index contributed by atoms with van der Waals surface area (Å²) >= 11 is 0. The van der Waals surface area contributed by atoms with Crippen LogP contribution < -0.4 is 10.2 Å². The van der Waals surface area contributed by atoms with Crippen molar-refractivity contribution in [1.82, 2.24) is 10.2 Å².